The highest BCUT2D eigenvalue weighted by molar-refractivity contribution is 7.79. The number of fused-ring (bicyclic) bond motifs is 1. The van der Waals surface area contributed by atoms with Gasteiger partial charge in [-0.2, -0.15) is 0 Å². The SMILES string of the molecule is Fc1ccc2nc(P(c3ccccc3)c3ccccc3)cc(C(F)F)c2c1. The summed E-state index contributed by atoms with van der Waals surface area (Å²) < 4.78 is 41.1. The summed E-state index contributed by atoms with van der Waals surface area (Å²) >= 11 is 0. The van der Waals surface area contributed by atoms with Crippen LogP contribution in [-0.2, 0) is 0 Å². The molecule has 0 aliphatic heterocycles. The largest absolute Gasteiger partial charge is 0.264 e. The highest BCUT2D eigenvalue weighted by Gasteiger charge is 2.22. The first kappa shape index (κ1) is 17.7. The number of hydrogen-bond donors (Lipinski definition) is 0. The third-order valence-electron chi connectivity index (χ3n) is 4.28. The first-order valence-corrected chi connectivity index (χ1v) is 9.76. The van der Waals surface area contributed by atoms with Gasteiger partial charge in [-0.05, 0) is 34.9 Å². The molecule has 0 unspecified atom stereocenters. The fourth-order valence-corrected chi connectivity index (χ4v) is 5.32. The summed E-state index contributed by atoms with van der Waals surface area (Å²) in [7, 11) is -1.11. The first-order valence-electron chi connectivity index (χ1n) is 8.42. The zero-order valence-electron chi connectivity index (χ0n) is 14.2. The van der Waals surface area contributed by atoms with Gasteiger partial charge in [-0.15, -0.1) is 0 Å². The van der Waals surface area contributed by atoms with Crippen molar-refractivity contribution in [2.24, 2.45) is 0 Å². The predicted molar refractivity (Wildman–Crippen MR) is 105 cm³/mol. The molecule has 0 bridgehead atoms. The van der Waals surface area contributed by atoms with Crippen molar-refractivity contribution in [2.75, 3.05) is 0 Å². The van der Waals surface area contributed by atoms with Crippen molar-refractivity contribution in [3.63, 3.8) is 0 Å². The maximum absolute atomic E-state index is 13.7. The smallest absolute Gasteiger partial charge is 0.247 e. The molecule has 1 heterocycles. The topological polar surface area (TPSA) is 12.9 Å². The van der Waals surface area contributed by atoms with Crippen LogP contribution in [0.15, 0.2) is 84.9 Å². The number of alkyl halides is 2. The van der Waals surface area contributed by atoms with Crippen LogP contribution in [0.1, 0.15) is 12.0 Å². The van der Waals surface area contributed by atoms with Gasteiger partial charge in [0.1, 0.15) is 5.82 Å². The Hall–Kier alpha value is -2.71. The standard InChI is InChI=1S/C22H15F3NP/c23-15-11-12-20-18(13-15)19(22(24)25)14-21(26-20)27(16-7-3-1-4-8-16)17-9-5-2-6-10-17/h1-14,22H. The maximum Gasteiger partial charge on any atom is 0.264 e. The van der Waals surface area contributed by atoms with Crippen LogP contribution in [0.5, 0.6) is 0 Å². The molecule has 0 saturated heterocycles. The Bertz CT molecular complexity index is 1030. The zero-order chi connectivity index (χ0) is 18.8. The predicted octanol–water partition coefficient (Wildman–Crippen LogP) is 5.07. The molecule has 0 N–H and O–H groups in total. The lowest BCUT2D eigenvalue weighted by Gasteiger charge is -2.20. The number of hydrogen-bond acceptors (Lipinski definition) is 1. The lowest BCUT2D eigenvalue weighted by atomic mass is 10.1. The van der Waals surface area contributed by atoms with E-state index in [-0.39, 0.29) is 10.9 Å². The molecule has 4 aromatic rings. The highest BCUT2D eigenvalue weighted by Crippen LogP contribution is 2.35. The van der Waals surface area contributed by atoms with Gasteiger partial charge in [0.2, 0.25) is 0 Å². The zero-order valence-corrected chi connectivity index (χ0v) is 15.1. The van der Waals surface area contributed by atoms with Crippen LogP contribution in [-0.4, -0.2) is 4.98 Å². The van der Waals surface area contributed by atoms with Gasteiger partial charge in [0.25, 0.3) is 6.43 Å². The van der Waals surface area contributed by atoms with Crippen LogP contribution in [0.4, 0.5) is 13.2 Å². The summed E-state index contributed by atoms with van der Waals surface area (Å²) in [6.45, 7) is 0. The Labute approximate surface area is 156 Å². The van der Waals surface area contributed by atoms with E-state index in [1.807, 2.05) is 60.7 Å². The van der Waals surface area contributed by atoms with Crippen LogP contribution in [0.2, 0.25) is 0 Å². The van der Waals surface area contributed by atoms with Crippen molar-refractivity contribution in [3.8, 4) is 0 Å². The summed E-state index contributed by atoms with van der Waals surface area (Å²) in [4.78, 5) is 4.64. The average molecular weight is 381 g/mol. The fraction of sp³-hybridized carbons (Fsp3) is 0.0455. The highest BCUT2D eigenvalue weighted by atomic mass is 31.1. The van der Waals surface area contributed by atoms with Gasteiger partial charge in [-0.3, -0.25) is 0 Å². The van der Waals surface area contributed by atoms with Crippen molar-refractivity contribution >= 4 is 34.9 Å². The summed E-state index contributed by atoms with van der Waals surface area (Å²) in [6.07, 6.45) is -2.71. The van der Waals surface area contributed by atoms with Gasteiger partial charge in [-0.25, -0.2) is 18.2 Å². The van der Waals surface area contributed by atoms with Crippen LogP contribution >= 0.6 is 7.92 Å². The monoisotopic (exact) mass is 381 g/mol. The second-order valence-electron chi connectivity index (χ2n) is 6.04. The van der Waals surface area contributed by atoms with Crippen molar-refractivity contribution in [3.05, 3.63) is 96.3 Å². The molecule has 0 radical (unpaired) electrons. The Kier molecular flexibility index (Phi) is 4.91. The molecule has 1 nitrogen and oxygen atoms in total. The van der Waals surface area contributed by atoms with Crippen LogP contribution in [0.25, 0.3) is 10.9 Å². The molecular weight excluding hydrogens is 366 g/mol. The molecular formula is C22H15F3NP. The molecule has 5 heteroatoms. The van der Waals surface area contributed by atoms with Crippen LogP contribution in [0, 0.1) is 5.82 Å². The Morgan fingerprint density at radius 3 is 1.89 bits per heavy atom. The van der Waals surface area contributed by atoms with E-state index in [2.05, 4.69) is 4.98 Å². The molecule has 27 heavy (non-hydrogen) atoms. The Morgan fingerprint density at radius 2 is 1.33 bits per heavy atom. The van der Waals surface area contributed by atoms with Gasteiger partial charge in [0, 0.05) is 18.9 Å². The van der Waals surface area contributed by atoms with Gasteiger partial charge in [-0.1, -0.05) is 60.7 Å². The van der Waals surface area contributed by atoms with Gasteiger partial charge in [0.05, 0.1) is 11.0 Å². The number of pyridine rings is 1. The fourth-order valence-electron chi connectivity index (χ4n) is 3.07. The van der Waals surface area contributed by atoms with Crippen molar-refractivity contribution in [1.29, 1.82) is 0 Å². The van der Waals surface area contributed by atoms with E-state index in [0.717, 1.165) is 16.7 Å². The first-order chi connectivity index (χ1) is 13.1. The number of aromatic nitrogens is 1. The van der Waals surface area contributed by atoms with E-state index >= 15 is 0 Å². The third-order valence-corrected chi connectivity index (χ3v) is 6.60. The van der Waals surface area contributed by atoms with E-state index in [0.29, 0.717) is 11.0 Å². The summed E-state index contributed by atoms with van der Waals surface area (Å²) in [5.41, 5.74) is 0.772. The van der Waals surface area contributed by atoms with Crippen LogP contribution in [0.3, 0.4) is 0 Å². The average Bonchev–Trinajstić information content (AvgIpc) is 2.69. The minimum atomic E-state index is -2.71. The number of rotatable bonds is 4. The molecule has 134 valence electrons. The van der Waals surface area contributed by atoms with Gasteiger partial charge in [0.15, 0.2) is 0 Å². The summed E-state index contributed by atoms with van der Waals surface area (Å²) in [6, 6.07) is 24.8. The molecule has 0 atom stereocenters. The second kappa shape index (κ2) is 7.50. The van der Waals surface area contributed by atoms with E-state index in [4.69, 9.17) is 0 Å². The quantitative estimate of drug-likeness (QED) is 0.450. The van der Waals surface area contributed by atoms with E-state index in [1.54, 1.807) is 0 Å². The third kappa shape index (κ3) is 3.58. The molecule has 0 spiro atoms. The number of halogens is 3. The molecule has 0 saturated carbocycles. The lowest BCUT2D eigenvalue weighted by Crippen LogP contribution is -2.23. The molecule has 4 rings (SSSR count). The number of nitrogens with zero attached hydrogens (tertiary/aromatic N) is 1. The minimum absolute atomic E-state index is 0.157. The maximum atomic E-state index is 13.7. The minimum Gasteiger partial charge on any atom is -0.247 e. The van der Waals surface area contributed by atoms with Gasteiger partial charge < -0.3 is 0 Å². The lowest BCUT2D eigenvalue weighted by molar-refractivity contribution is 0.153. The summed E-state index contributed by atoms with van der Waals surface area (Å²) in [5, 5.41) is 2.20. The van der Waals surface area contributed by atoms with Crippen molar-refractivity contribution in [2.45, 2.75) is 6.43 Å². The summed E-state index contributed by atoms with van der Waals surface area (Å²) in [5.74, 6) is -0.549. The van der Waals surface area contributed by atoms with E-state index in [1.165, 1.54) is 18.2 Å². The van der Waals surface area contributed by atoms with Gasteiger partial charge >= 0.3 is 0 Å². The Morgan fingerprint density at radius 1 is 0.741 bits per heavy atom. The van der Waals surface area contributed by atoms with Crippen molar-refractivity contribution < 1.29 is 13.2 Å². The second-order valence-corrected chi connectivity index (χ2v) is 8.20. The molecule has 0 fully saturated rings. The molecule has 0 aliphatic carbocycles. The van der Waals surface area contributed by atoms with Crippen molar-refractivity contribution in [1.82, 2.24) is 4.98 Å². The number of benzene rings is 3. The molecule has 1 aromatic heterocycles. The van der Waals surface area contributed by atoms with Crippen LogP contribution < -0.4 is 16.0 Å². The van der Waals surface area contributed by atoms with E-state index in [9.17, 15) is 13.2 Å². The normalized spacial score (nSPS) is 11.4. The molecule has 3 aromatic carbocycles. The van der Waals surface area contributed by atoms with E-state index < -0.39 is 20.2 Å². The molecule has 0 amide bonds. The molecule has 0 aliphatic rings. The Balaban J connectivity index is 1.98.